The van der Waals surface area contributed by atoms with Crippen LogP contribution >= 0.6 is 0 Å². The molecule has 1 aliphatic heterocycles. The summed E-state index contributed by atoms with van der Waals surface area (Å²) in [6.45, 7) is 4.51. The molecule has 3 aromatic carbocycles. The van der Waals surface area contributed by atoms with Crippen LogP contribution < -0.4 is 25.6 Å². The molecule has 0 saturated carbocycles. The molecular weight excluding hydrogens is 447 g/mol. The van der Waals surface area contributed by atoms with Gasteiger partial charge in [0, 0.05) is 36.7 Å². The van der Waals surface area contributed by atoms with Gasteiger partial charge < -0.3 is 25.6 Å². The predicted molar refractivity (Wildman–Crippen MR) is 136 cm³/mol. The second-order valence-electron chi connectivity index (χ2n) is 8.27. The van der Waals surface area contributed by atoms with E-state index < -0.39 is 6.03 Å². The molecule has 35 heavy (non-hydrogen) atoms. The van der Waals surface area contributed by atoms with Crippen molar-refractivity contribution in [1.29, 1.82) is 0 Å². The predicted octanol–water partition coefficient (Wildman–Crippen LogP) is 5.40. The van der Waals surface area contributed by atoms with E-state index in [4.69, 9.17) is 4.74 Å². The van der Waals surface area contributed by atoms with Crippen molar-refractivity contribution in [3.63, 3.8) is 0 Å². The molecular formula is C27H29FN4O3. The van der Waals surface area contributed by atoms with Gasteiger partial charge in [0.1, 0.15) is 11.6 Å². The van der Waals surface area contributed by atoms with Crippen molar-refractivity contribution in [2.75, 3.05) is 35.2 Å². The molecule has 1 fully saturated rings. The number of halogens is 1. The highest BCUT2D eigenvalue weighted by molar-refractivity contribution is 6.04. The molecule has 0 aliphatic carbocycles. The van der Waals surface area contributed by atoms with Gasteiger partial charge in [-0.25, -0.2) is 9.18 Å². The molecule has 1 aliphatic rings. The van der Waals surface area contributed by atoms with Crippen molar-refractivity contribution >= 4 is 29.0 Å². The van der Waals surface area contributed by atoms with Gasteiger partial charge in [0.25, 0.3) is 5.91 Å². The van der Waals surface area contributed by atoms with Crippen LogP contribution in [0, 0.1) is 5.82 Å². The Labute approximate surface area is 204 Å². The highest BCUT2D eigenvalue weighted by Gasteiger charge is 2.20. The van der Waals surface area contributed by atoms with Crippen molar-refractivity contribution in [2.24, 2.45) is 0 Å². The summed E-state index contributed by atoms with van der Waals surface area (Å²) in [5, 5.41) is 8.49. The van der Waals surface area contributed by atoms with E-state index in [0.29, 0.717) is 23.5 Å². The smallest absolute Gasteiger partial charge is 0.323 e. The third kappa shape index (κ3) is 6.50. The van der Waals surface area contributed by atoms with E-state index in [2.05, 4.69) is 20.9 Å². The fourth-order valence-corrected chi connectivity index (χ4v) is 4.00. The number of carbonyl (C=O) groups is 2. The summed E-state index contributed by atoms with van der Waals surface area (Å²) in [7, 11) is 0. The number of nitrogens with zero attached hydrogens (tertiary/aromatic N) is 1. The number of hydrogen-bond acceptors (Lipinski definition) is 4. The number of nitrogens with one attached hydrogen (secondary N) is 3. The molecule has 3 aromatic rings. The van der Waals surface area contributed by atoms with Gasteiger partial charge >= 0.3 is 6.03 Å². The summed E-state index contributed by atoms with van der Waals surface area (Å²) in [5.41, 5.74) is 3.23. The molecule has 0 unspecified atom stereocenters. The van der Waals surface area contributed by atoms with Gasteiger partial charge in [-0.15, -0.1) is 0 Å². The molecule has 3 N–H and O–H groups in total. The van der Waals surface area contributed by atoms with Crippen molar-refractivity contribution in [2.45, 2.75) is 26.3 Å². The number of carbonyl (C=O) groups excluding carboxylic acids is 2. The Morgan fingerprint density at radius 1 is 0.914 bits per heavy atom. The number of ether oxygens (including phenoxy) is 1. The van der Waals surface area contributed by atoms with Gasteiger partial charge in [0.2, 0.25) is 0 Å². The summed E-state index contributed by atoms with van der Waals surface area (Å²) in [4.78, 5) is 27.9. The normalized spacial score (nSPS) is 12.8. The molecule has 0 bridgehead atoms. The van der Waals surface area contributed by atoms with E-state index in [1.54, 1.807) is 48.5 Å². The standard InChI is InChI=1S/C27H29FN4O3/c1-2-35-23-12-9-21(10-13-23)30-27(34)31-22-11-14-25(32-15-3-4-16-32)24(17-22)26(33)29-18-19-5-7-20(28)8-6-19/h5-14,17H,2-4,15-16,18H2,1H3,(H,29,33)(H2,30,31,34). The first-order valence-corrected chi connectivity index (χ1v) is 11.7. The van der Waals surface area contributed by atoms with E-state index in [9.17, 15) is 14.0 Å². The lowest BCUT2D eigenvalue weighted by Crippen LogP contribution is -2.27. The zero-order valence-corrected chi connectivity index (χ0v) is 19.6. The van der Waals surface area contributed by atoms with Crippen LogP contribution in [0.25, 0.3) is 0 Å². The SMILES string of the molecule is CCOc1ccc(NC(=O)Nc2ccc(N3CCCC3)c(C(=O)NCc3ccc(F)cc3)c2)cc1. The minimum absolute atomic E-state index is 0.258. The second-order valence-corrected chi connectivity index (χ2v) is 8.27. The third-order valence-corrected chi connectivity index (χ3v) is 5.74. The van der Waals surface area contributed by atoms with Gasteiger partial charge in [-0.1, -0.05) is 12.1 Å². The molecule has 0 aromatic heterocycles. The van der Waals surface area contributed by atoms with E-state index in [0.717, 1.165) is 42.9 Å². The second kappa shape index (κ2) is 11.4. The Morgan fingerprint density at radius 2 is 1.57 bits per heavy atom. The lowest BCUT2D eigenvalue weighted by atomic mass is 10.1. The molecule has 8 heteroatoms. The maximum Gasteiger partial charge on any atom is 0.323 e. The van der Waals surface area contributed by atoms with E-state index in [1.165, 1.54) is 12.1 Å². The van der Waals surface area contributed by atoms with Crippen molar-refractivity contribution in [1.82, 2.24) is 5.32 Å². The van der Waals surface area contributed by atoms with Crippen molar-refractivity contribution < 1.29 is 18.7 Å². The zero-order chi connectivity index (χ0) is 24.6. The molecule has 1 saturated heterocycles. The summed E-state index contributed by atoms with van der Waals surface area (Å²) in [6, 6.07) is 18.0. The molecule has 1 heterocycles. The first-order valence-electron chi connectivity index (χ1n) is 11.7. The maximum atomic E-state index is 13.2. The molecule has 182 valence electrons. The van der Waals surface area contributed by atoms with Gasteiger partial charge in [0.15, 0.2) is 0 Å². The van der Waals surface area contributed by atoms with E-state index in [1.807, 2.05) is 13.0 Å². The molecule has 0 spiro atoms. The topological polar surface area (TPSA) is 82.7 Å². The molecule has 3 amide bonds. The van der Waals surface area contributed by atoms with Gasteiger partial charge in [-0.2, -0.15) is 0 Å². The minimum Gasteiger partial charge on any atom is -0.494 e. The van der Waals surface area contributed by atoms with Crippen LogP contribution in [0.4, 0.5) is 26.2 Å². The van der Waals surface area contributed by atoms with Crippen molar-refractivity contribution in [3.8, 4) is 5.75 Å². The van der Waals surface area contributed by atoms with Gasteiger partial charge in [-0.05, 0) is 79.9 Å². The average Bonchev–Trinajstić information content (AvgIpc) is 3.40. The number of hydrogen-bond donors (Lipinski definition) is 3. The maximum absolute atomic E-state index is 13.2. The van der Waals surface area contributed by atoms with E-state index >= 15 is 0 Å². The highest BCUT2D eigenvalue weighted by atomic mass is 19.1. The Bertz CT molecular complexity index is 1160. The fraction of sp³-hybridized carbons (Fsp3) is 0.259. The third-order valence-electron chi connectivity index (χ3n) is 5.74. The number of urea groups is 1. The summed E-state index contributed by atoms with van der Waals surface area (Å²) in [6.07, 6.45) is 2.14. The van der Waals surface area contributed by atoms with Crippen LogP contribution in [0.15, 0.2) is 66.7 Å². The number of amides is 3. The van der Waals surface area contributed by atoms with Crippen LogP contribution in [-0.4, -0.2) is 31.6 Å². The molecule has 4 rings (SSSR count). The van der Waals surface area contributed by atoms with Crippen LogP contribution in [0.2, 0.25) is 0 Å². The Hall–Kier alpha value is -4.07. The van der Waals surface area contributed by atoms with Gasteiger partial charge in [-0.3, -0.25) is 4.79 Å². The van der Waals surface area contributed by atoms with Gasteiger partial charge in [0.05, 0.1) is 12.2 Å². The van der Waals surface area contributed by atoms with Crippen LogP contribution in [0.5, 0.6) is 5.75 Å². The zero-order valence-electron chi connectivity index (χ0n) is 19.6. The first-order chi connectivity index (χ1) is 17.0. The minimum atomic E-state index is -0.416. The molecule has 7 nitrogen and oxygen atoms in total. The Balaban J connectivity index is 1.46. The summed E-state index contributed by atoms with van der Waals surface area (Å²) in [5.74, 6) is 0.151. The number of benzene rings is 3. The van der Waals surface area contributed by atoms with E-state index in [-0.39, 0.29) is 18.3 Å². The monoisotopic (exact) mass is 476 g/mol. The largest absolute Gasteiger partial charge is 0.494 e. The van der Waals surface area contributed by atoms with Crippen LogP contribution in [0.1, 0.15) is 35.7 Å². The number of rotatable bonds is 8. The fourth-order valence-electron chi connectivity index (χ4n) is 4.00. The lowest BCUT2D eigenvalue weighted by molar-refractivity contribution is 0.0951. The summed E-state index contributed by atoms with van der Waals surface area (Å²) >= 11 is 0. The average molecular weight is 477 g/mol. The Kier molecular flexibility index (Phi) is 7.82. The quantitative estimate of drug-likeness (QED) is 0.407. The molecule has 0 radical (unpaired) electrons. The summed E-state index contributed by atoms with van der Waals surface area (Å²) < 4.78 is 18.6. The van der Waals surface area contributed by atoms with Crippen molar-refractivity contribution in [3.05, 3.63) is 83.7 Å². The van der Waals surface area contributed by atoms with Crippen LogP contribution in [-0.2, 0) is 6.54 Å². The highest BCUT2D eigenvalue weighted by Crippen LogP contribution is 2.28. The van der Waals surface area contributed by atoms with Crippen LogP contribution in [0.3, 0.4) is 0 Å². The number of anilines is 3. The lowest BCUT2D eigenvalue weighted by Gasteiger charge is -2.22. The first kappa shape index (κ1) is 24.1. The Morgan fingerprint density at radius 3 is 2.26 bits per heavy atom. The molecule has 0 atom stereocenters.